The van der Waals surface area contributed by atoms with Crippen molar-refractivity contribution >= 4 is 12.2 Å². The molecule has 0 aliphatic rings. The first kappa shape index (κ1) is 46.4. The highest BCUT2D eigenvalue weighted by atomic mass is 16.7. The molecule has 62 heavy (non-hydrogen) atoms. The summed E-state index contributed by atoms with van der Waals surface area (Å²) in [5, 5.41) is 0. The van der Waals surface area contributed by atoms with E-state index in [1.54, 1.807) is 70.3 Å². The van der Waals surface area contributed by atoms with E-state index in [-0.39, 0.29) is 38.2 Å². The number of carbonyl (C=O) groups excluding carboxylic acids is 2. The van der Waals surface area contributed by atoms with Gasteiger partial charge >= 0.3 is 12.2 Å². The molecule has 330 valence electrons. The van der Waals surface area contributed by atoms with Crippen molar-refractivity contribution < 1.29 is 57.0 Å². The third-order valence-electron chi connectivity index (χ3n) is 9.14. The third kappa shape index (κ3) is 15.4. The maximum Gasteiger partial charge on any atom is 0.410 e. The van der Waals surface area contributed by atoms with Crippen molar-refractivity contribution in [2.24, 2.45) is 0 Å². The minimum Gasteiger partial charge on any atom is -0.497 e. The highest BCUT2D eigenvalue weighted by molar-refractivity contribution is 5.68. The quantitative estimate of drug-likeness (QED) is 0.0434. The van der Waals surface area contributed by atoms with Gasteiger partial charge in [0.15, 0.2) is 12.6 Å². The molecule has 2 atom stereocenters. The van der Waals surface area contributed by atoms with Crippen LogP contribution in [0.25, 0.3) is 0 Å². The monoisotopic (exact) mass is 853 g/mol. The van der Waals surface area contributed by atoms with Crippen LogP contribution in [0.5, 0.6) is 34.8 Å². The van der Waals surface area contributed by atoms with Crippen LogP contribution in [0.2, 0.25) is 0 Å². The first-order valence-corrected chi connectivity index (χ1v) is 20.0. The molecule has 4 aromatic carbocycles. The molecule has 2 amide bonds. The van der Waals surface area contributed by atoms with Crippen LogP contribution < -0.4 is 28.4 Å². The standard InChI is InChI=1S/C47H55N3O12/c1-34(57-22-24-59-46(51)49(30-36-12-7-16-40(26-36)53-3)31-37-13-8-17-41(27-37)54-4)61-44-20-11-21-45(48-44)62-35(2)58-23-25-60-47(52)50(32-38-14-9-18-42(28-38)55-5)33-39-15-10-19-43(29-39)56-6/h7-21,26-29,34-35H,22-25,30-33H2,1-6H3. The van der Waals surface area contributed by atoms with E-state index in [0.717, 1.165) is 22.3 Å². The van der Waals surface area contributed by atoms with Gasteiger partial charge in [-0.05, 0) is 84.6 Å². The number of amides is 2. The number of aromatic nitrogens is 1. The van der Waals surface area contributed by atoms with Crippen LogP contribution >= 0.6 is 0 Å². The fourth-order valence-corrected chi connectivity index (χ4v) is 6.14. The van der Waals surface area contributed by atoms with E-state index in [4.69, 9.17) is 47.4 Å². The van der Waals surface area contributed by atoms with Gasteiger partial charge in [-0.1, -0.05) is 54.6 Å². The molecule has 1 aromatic heterocycles. The van der Waals surface area contributed by atoms with E-state index in [9.17, 15) is 9.59 Å². The lowest BCUT2D eigenvalue weighted by atomic mass is 10.1. The molecule has 15 nitrogen and oxygen atoms in total. The summed E-state index contributed by atoms with van der Waals surface area (Å²) in [5.74, 6) is 3.27. The van der Waals surface area contributed by atoms with Crippen LogP contribution in [-0.2, 0) is 45.1 Å². The molecular weight excluding hydrogens is 799 g/mol. The average Bonchev–Trinajstić information content (AvgIpc) is 3.29. The van der Waals surface area contributed by atoms with E-state index in [2.05, 4.69) is 4.98 Å². The second kappa shape index (κ2) is 24.5. The second-order valence-electron chi connectivity index (χ2n) is 13.8. The van der Waals surface area contributed by atoms with Crippen LogP contribution in [0.1, 0.15) is 36.1 Å². The summed E-state index contributed by atoms with van der Waals surface area (Å²) in [6.45, 7) is 4.72. The zero-order valence-electron chi connectivity index (χ0n) is 36.0. The van der Waals surface area contributed by atoms with Crippen LogP contribution in [-0.4, -0.2) is 94.4 Å². The topological polar surface area (TPSA) is 146 Å². The smallest absolute Gasteiger partial charge is 0.410 e. The maximum absolute atomic E-state index is 13.3. The van der Waals surface area contributed by atoms with Crippen LogP contribution in [0.3, 0.4) is 0 Å². The molecule has 2 unspecified atom stereocenters. The minimum absolute atomic E-state index is 0.0114. The lowest BCUT2D eigenvalue weighted by Gasteiger charge is -2.23. The Kier molecular flexibility index (Phi) is 18.3. The summed E-state index contributed by atoms with van der Waals surface area (Å²) in [4.78, 5) is 34.2. The van der Waals surface area contributed by atoms with Crippen molar-refractivity contribution in [1.82, 2.24) is 14.8 Å². The SMILES string of the molecule is COc1cccc(CN(Cc2cccc(OC)c2)C(=O)OCCOC(C)Oc2cccc(OC(C)OCCOC(=O)N(Cc3cccc(OC)c3)Cc3cccc(OC)c3)n2)c1. The number of carbonyl (C=O) groups is 2. The van der Waals surface area contributed by atoms with E-state index >= 15 is 0 Å². The average molecular weight is 854 g/mol. The summed E-state index contributed by atoms with van der Waals surface area (Å²) in [7, 11) is 6.39. The Morgan fingerprint density at radius 2 is 0.774 bits per heavy atom. The highest BCUT2D eigenvalue weighted by Gasteiger charge is 2.20. The predicted molar refractivity (Wildman–Crippen MR) is 229 cm³/mol. The number of rotatable bonds is 24. The molecule has 0 fully saturated rings. The summed E-state index contributed by atoms with van der Waals surface area (Å²) >= 11 is 0. The molecule has 0 saturated carbocycles. The van der Waals surface area contributed by atoms with Crippen molar-refractivity contribution in [3.8, 4) is 34.8 Å². The zero-order chi connectivity index (χ0) is 44.1. The maximum atomic E-state index is 13.3. The van der Waals surface area contributed by atoms with E-state index < -0.39 is 24.8 Å². The van der Waals surface area contributed by atoms with Crippen molar-refractivity contribution in [2.45, 2.75) is 52.6 Å². The molecule has 0 aliphatic heterocycles. The van der Waals surface area contributed by atoms with Gasteiger partial charge in [0, 0.05) is 38.3 Å². The number of hydrogen-bond donors (Lipinski definition) is 0. The Bertz CT molecular complexity index is 1910. The van der Waals surface area contributed by atoms with Gasteiger partial charge in [-0.25, -0.2) is 9.59 Å². The normalized spacial score (nSPS) is 11.7. The van der Waals surface area contributed by atoms with Gasteiger partial charge in [0.05, 0.1) is 41.7 Å². The Morgan fingerprint density at radius 1 is 0.468 bits per heavy atom. The Morgan fingerprint density at radius 3 is 1.08 bits per heavy atom. The fourth-order valence-electron chi connectivity index (χ4n) is 6.14. The van der Waals surface area contributed by atoms with Gasteiger partial charge < -0.3 is 47.4 Å². The molecule has 0 N–H and O–H groups in total. The predicted octanol–water partition coefficient (Wildman–Crippen LogP) is 8.28. The largest absolute Gasteiger partial charge is 0.497 e. The lowest BCUT2D eigenvalue weighted by Crippen LogP contribution is -2.32. The number of hydrogen-bond acceptors (Lipinski definition) is 13. The van der Waals surface area contributed by atoms with Crippen molar-refractivity contribution in [1.29, 1.82) is 0 Å². The molecule has 0 radical (unpaired) electrons. The Balaban J connectivity index is 1.05. The number of ether oxygens (including phenoxy) is 10. The summed E-state index contributed by atoms with van der Waals surface area (Å²) in [6.07, 6.45) is -2.47. The van der Waals surface area contributed by atoms with Gasteiger partial charge in [-0.3, -0.25) is 9.80 Å². The number of pyridine rings is 1. The third-order valence-corrected chi connectivity index (χ3v) is 9.14. The minimum atomic E-state index is -0.725. The van der Waals surface area contributed by atoms with Crippen LogP contribution in [0.15, 0.2) is 115 Å². The van der Waals surface area contributed by atoms with Gasteiger partial charge in [0.1, 0.15) is 36.2 Å². The lowest BCUT2D eigenvalue weighted by molar-refractivity contribution is -0.0858. The van der Waals surface area contributed by atoms with Gasteiger partial charge in [0.2, 0.25) is 11.8 Å². The number of benzene rings is 4. The first-order valence-electron chi connectivity index (χ1n) is 20.0. The van der Waals surface area contributed by atoms with Crippen molar-refractivity contribution in [3.05, 3.63) is 138 Å². The van der Waals surface area contributed by atoms with Gasteiger partial charge in [-0.15, -0.1) is 0 Å². The number of methoxy groups -OCH3 is 4. The number of nitrogens with zero attached hydrogens (tertiary/aromatic N) is 3. The van der Waals surface area contributed by atoms with E-state index in [1.807, 2.05) is 97.1 Å². The molecule has 5 rings (SSSR count). The molecule has 0 bridgehead atoms. The molecule has 0 aliphatic carbocycles. The van der Waals surface area contributed by atoms with Crippen molar-refractivity contribution in [3.63, 3.8) is 0 Å². The summed E-state index contributed by atoms with van der Waals surface area (Å²) in [5.41, 5.74) is 3.53. The van der Waals surface area contributed by atoms with E-state index in [0.29, 0.717) is 49.2 Å². The molecule has 0 saturated heterocycles. The van der Waals surface area contributed by atoms with Crippen molar-refractivity contribution in [2.75, 3.05) is 54.9 Å². The van der Waals surface area contributed by atoms with Gasteiger partial charge in [0.25, 0.3) is 0 Å². The van der Waals surface area contributed by atoms with Crippen LogP contribution in [0.4, 0.5) is 9.59 Å². The molecular formula is C47H55N3O12. The molecule has 5 aromatic rings. The molecule has 1 heterocycles. The fraction of sp³-hybridized carbons (Fsp3) is 0.340. The van der Waals surface area contributed by atoms with E-state index in [1.165, 1.54) is 0 Å². The molecule has 15 heteroatoms. The Labute approximate surface area is 362 Å². The highest BCUT2D eigenvalue weighted by Crippen LogP contribution is 2.22. The zero-order valence-corrected chi connectivity index (χ0v) is 36.0. The van der Waals surface area contributed by atoms with Crippen LogP contribution in [0, 0.1) is 0 Å². The summed E-state index contributed by atoms with van der Waals surface area (Å²) in [6, 6.07) is 35.1. The second-order valence-corrected chi connectivity index (χ2v) is 13.8. The first-order chi connectivity index (χ1) is 30.1. The Hall–Kier alpha value is -6.71. The molecule has 0 spiro atoms. The van der Waals surface area contributed by atoms with Gasteiger partial charge in [-0.2, -0.15) is 4.98 Å². The summed E-state index contributed by atoms with van der Waals surface area (Å²) < 4.78 is 55.9.